The summed E-state index contributed by atoms with van der Waals surface area (Å²) in [5.74, 6) is -1.83. The lowest BCUT2D eigenvalue weighted by molar-refractivity contribution is -0.136. The summed E-state index contributed by atoms with van der Waals surface area (Å²) in [7, 11) is 1.62. The number of carbonyl (C=O) groups excluding carboxylic acids is 3. The number of ether oxygens (including phenoxy) is 1. The van der Waals surface area contributed by atoms with E-state index in [1.54, 1.807) is 7.05 Å². The molecule has 3 heterocycles. The molecule has 7 nitrogen and oxygen atoms in total. The molecule has 3 atom stereocenters. The van der Waals surface area contributed by atoms with Gasteiger partial charge in [-0.2, -0.15) is 0 Å². The third-order valence-corrected chi connectivity index (χ3v) is 4.65. The Hall–Kier alpha value is -2.83. The number of cyclic esters (lactones) is 1. The van der Waals surface area contributed by atoms with Crippen LogP contribution in [0.15, 0.2) is 41.6 Å². The van der Waals surface area contributed by atoms with E-state index >= 15 is 0 Å². The van der Waals surface area contributed by atoms with E-state index in [2.05, 4.69) is 10.6 Å². The number of esters is 1. The first-order valence-corrected chi connectivity index (χ1v) is 7.37. The minimum absolute atomic E-state index is 0.143. The summed E-state index contributed by atoms with van der Waals surface area (Å²) in [5, 5.41) is 5.49. The Morgan fingerprint density at radius 2 is 1.91 bits per heavy atom. The van der Waals surface area contributed by atoms with Gasteiger partial charge in [-0.05, 0) is 5.56 Å². The number of imide groups is 1. The Labute approximate surface area is 132 Å². The molecule has 2 N–H and O–H groups in total. The average Bonchev–Trinajstić information content (AvgIpc) is 2.93. The zero-order chi connectivity index (χ0) is 16.1. The monoisotopic (exact) mass is 313 g/mol. The third-order valence-electron chi connectivity index (χ3n) is 4.65. The molecule has 7 heteroatoms. The van der Waals surface area contributed by atoms with Crippen molar-refractivity contribution >= 4 is 17.9 Å². The number of amides is 3. The van der Waals surface area contributed by atoms with Crippen molar-refractivity contribution < 1.29 is 19.1 Å². The molecule has 1 fully saturated rings. The van der Waals surface area contributed by atoms with Crippen LogP contribution in [0.5, 0.6) is 0 Å². The van der Waals surface area contributed by atoms with Gasteiger partial charge in [-0.25, -0.2) is 9.59 Å². The lowest BCUT2D eigenvalue weighted by Crippen LogP contribution is -2.66. The number of fused-ring (bicyclic) bond motifs is 1. The van der Waals surface area contributed by atoms with Crippen molar-refractivity contribution in [1.82, 2.24) is 15.5 Å². The Kier molecular flexibility index (Phi) is 2.90. The summed E-state index contributed by atoms with van der Waals surface area (Å²) in [6.07, 6.45) is -0.505. The molecule has 118 valence electrons. The third kappa shape index (κ3) is 1.93. The Bertz CT molecular complexity index is 743. The normalized spacial score (nSPS) is 29.5. The number of urea groups is 1. The highest BCUT2D eigenvalue weighted by molar-refractivity contribution is 6.02. The number of nitrogens with one attached hydrogen (secondary N) is 2. The quantitative estimate of drug-likeness (QED) is 0.729. The second kappa shape index (κ2) is 4.84. The second-order valence-electron chi connectivity index (χ2n) is 5.88. The van der Waals surface area contributed by atoms with E-state index < -0.39 is 30.0 Å². The molecule has 23 heavy (non-hydrogen) atoms. The highest BCUT2D eigenvalue weighted by Gasteiger charge is 2.52. The smallest absolute Gasteiger partial charge is 0.336 e. The number of hydrogen-bond donors (Lipinski definition) is 2. The van der Waals surface area contributed by atoms with Gasteiger partial charge in [0.1, 0.15) is 12.8 Å². The molecule has 1 saturated heterocycles. The van der Waals surface area contributed by atoms with Gasteiger partial charge in [0.05, 0.1) is 17.2 Å². The second-order valence-corrected chi connectivity index (χ2v) is 5.88. The number of benzene rings is 1. The van der Waals surface area contributed by atoms with Gasteiger partial charge in [0.2, 0.25) is 5.91 Å². The average molecular weight is 313 g/mol. The van der Waals surface area contributed by atoms with Gasteiger partial charge < -0.3 is 15.0 Å². The van der Waals surface area contributed by atoms with E-state index in [1.165, 1.54) is 4.90 Å². The zero-order valence-corrected chi connectivity index (χ0v) is 12.4. The van der Waals surface area contributed by atoms with Gasteiger partial charge in [0.15, 0.2) is 0 Å². The Morgan fingerprint density at radius 1 is 1.17 bits per heavy atom. The maximum Gasteiger partial charge on any atom is 0.336 e. The largest absolute Gasteiger partial charge is 0.456 e. The van der Waals surface area contributed by atoms with Crippen LogP contribution in [0.25, 0.3) is 0 Å². The van der Waals surface area contributed by atoms with Crippen molar-refractivity contribution in [2.24, 2.45) is 5.92 Å². The first-order valence-electron chi connectivity index (χ1n) is 7.37. The van der Waals surface area contributed by atoms with Crippen molar-refractivity contribution in [3.05, 3.63) is 47.2 Å². The van der Waals surface area contributed by atoms with Crippen molar-refractivity contribution in [3.8, 4) is 0 Å². The summed E-state index contributed by atoms with van der Waals surface area (Å²) in [5.41, 5.74) is 1.99. The lowest BCUT2D eigenvalue weighted by Gasteiger charge is -2.45. The number of nitrogens with zero attached hydrogens (tertiary/aromatic N) is 1. The molecule has 0 saturated carbocycles. The predicted octanol–water partition coefficient (Wildman–Crippen LogP) is 0.308. The molecule has 3 unspecified atom stereocenters. The molecule has 0 spiro atoms. The molecule has 0 aliphatic carbocycles. The molecule has 1 aromatic rings. The van der Waals surface area contributed by atoms with Crippen molar-refractivity contribution in [2.75, 3.05) is 13.7 Å². The van der Waals surface area contributed by atoms with Crippen LogP contribution in [0.1, 0.15) is 11.5 Å². The molecule has 0 bridgehead atoms. The summed E-state index contributed by atoms with van der Waals surface area (Å²) in [4.78, 5) is 38.0. The van der Waals surface area contributed by atoms with Crippen molar-refractivity contribution in [2.45, 2.75) is 12.1 Å². The fourth-order valence-corrected chi connectivity index (χ4v) is 3.55. The number of hydrogen-bond acceptors (Lipinski definition) is 5. The molecular weight excluding hydrogens is 298 g/mol. The van der Waals surface area contributed by atoms with Crippen LogP contribution in [0.3, 0.4) is 0 Å². The van der Waals surface area contributed by atoms with Crippen molar-refractivity contribution in [1.29, 1.82) is 0 Å². The highest BCUT2D eigenvalue weighted by Crippen LogP contribution is 2.43. The van der Waals surface area contributed by atoms with Crippen LogP contribution in [0.2, 0.25) is 0 Å². The predicted molar refractivity (Wildman–Crippen MR) is 78.9 cm³/mol. The van der Waals surface area contributed by atoms with E-state index in [1.807, 2.05) is 30.3 Å². The van der Waals surface area contributed by atoms with Crippen molar-refractivity contribution in [3.63, 3.8) is 0 Å². The van der Waals surface area contributed by atoms with E-state index in [0.717, 1.165) is 5.56 Å². The SMILES string of the molecule is CN1C(=O)NC(=O)C2C(c3ccccc3)C3=C(COC3=O)NC21. The number of rotatable bonds is 1. The molecule has 3 amide bonds. The van der Waals surface area contributed by atoms with Gasteiger partial charge >= 0.3 is 12.0 Å². The van der Waals surface area contributed by atoms with E-state index in [9.17, 15) is 14.4 Å². The van der Waals surface area contributed by atoms with E-state index in [-0.39, 0.29) is 12.5 Å². The molecule has 3 aliphatic heterocycles. The van der Waals surface area contributed by atoms with Crippen LogP contribution >= 0.6 is 0 Å². The van der Waals surface area contributed by atoms with Gasteiger partial charge in [0.25, 0.3) is 0 Å². The maximum absolute atomic E-state index is 12.5. The standard InChI is InChI=1S/C16H15N3O4/c1-19-13-12(14(20)18-16(19)22)10(8-5-3-2-4-6-8)11-9(17-13)7-23-15(11)21/h2-6,10,12-13,17H,7H2,1H3,(H,18,20,22). The molecule has 1 aromatic carbocycles. The van der Waals surface area contributed by atoms with Crippen LogP contribution in [0.4, 0.5) is 4.79 Å². The van der Waals surface area contributed by atoms with Gasteiger partial charge in [-0.3, -0.25) is 10.1 Å². The lowest BCUT2D eigenvalue weighted by atomic mass is 9.74. The topological polar surface area (TPSA) is 87.7 Å². The fraction of sp³-hybridized carbons (Fsp3) is 0.312. The van der Waals surface area contributed by atoms with Crippen LogP contribution < -0.4 is 10.6 Å². The summed E-state index contributed by atoms with van der Waals surface area (Å²) in [6.45, 7) is 0.143. The minimum atomic E-state index is -0.593. The number of carbonyl (C=O) groups is 3. The maximum atomic E-state index is 12.5. The highest BCUT2D eigenvalue weighted by atomic mass is 16.5. The van der Waals surface area contributed by atoms with Gasteiger partial charge in [-0.1, -0.05) is 30.3 Å². The first kappa shape index (κ1) is 13.8. The van der Waals surface area contributed by atoms with Crippen LogP contribution in [0, 0.1) is 5.92 Å². The minimum Gasteiger partial charge on any atom is -0.456 e. The van der Waals surface area contributed by atoms with E-state index in [4.69, 9.17) is 4.74 Å². The summed E-state index contributed by atoms with van der Waals surface area (Å²) in [6, 6.07) is 8.91. The Balaban J connectivity index is 1.88. The fourth-order valence-electron chi connectivity index (χ4n) is 3.55. The molecule has 0 radical (unpaired) electrons. The molecule has 0 aromatic heterocycles. The molecular formula is C16H15N3O4. The first-order chi connectivity index (χ1) is 11.1. The zero-order valence-electron chi connectivity index (χ0n) is 12.4. The van der Waals surface area contributed by atoms with Crippen LogP contribution in [-0.4, -0.2) is 42.6 Å². The Morgan fingerprint density at radius 3 is 2.65 bits per heavy atom. The summed E-state index contributed by atoms with van der Waals surface area (Å²) < 4.78 is 5.14. The van der Waals surface area contributed by atoms with Gasteiger partial charge in [-0.15, -0.1) is 0 Å². The molecule has 4 rings (SSSR count). The molecule has 3 aliphatic rings. The van der Waals surface area contributed by atoms with Gasteiger partial charge in [0, 0.05) is 13.0 Å². The van der Waals surface area contributed by atoms with Crippen LogP contribution in [-0.2, 0) is 14.3 Å². The summed E-state index contributed by atoms with van der Waals surface area (Å²) >= 11 is 0. The van der Waals surface area contributed by atoms with E-state index in [0.29, 0.717) is 11.3 Å².